The minimum absolute atomic E-state index is 0.00372. The van der Waals surface area contributed by atoms with Gasteiger partial charge in [0, 0.05) is 61.8 Å². The van der Waals surface area contributed by atoms with Crippen molar-refractivity contribution in [2.24, 2.45) is 69.5 Å². The summed E-state index contributed by atoms with van der Waals surface area (Å²) in [6.07, 6.45) is -9.59. The molecule has 0 saturated carbocycles. The number of carboxylic acids is 1. The van der Waals surface area contributed by atoms with E-state index in [1.165, 1.54) is 62.4 Å². The van der Waals surface area contributed by atoms with Gasteiger partial charge in [0.05, 0.1) is 38.0 Å². The van der Waals surface area contributed by atoms with Crippen LogP contribution >= 0.6 is 43.2 Å². The first-order valence-corrected chi connectivity index (χ1v) is 51.3. The Morgan fingerprint density at radius 3 is 1.00 bits per heavy atom. The third-order valence-corrected chi connectivity index (χ3v) is 27.7. The lowest BCUT2D eigenvalue weighted by Crippen LogP contribution is -2.61. The molecule has 0 aromatic heterocycles. The van der Waals surface area contributed by atoms with Crippen LogP contribution in [0.4, 0.5) is 13.2 Å². The quantitative estimate of drug-likeness (QED) is 0.0290. The lowest BCUT2D eigenvalue weighted by Gasteiger charge is -2.31. The first-order chi connectivity index (χ1) is 67.9. The molecule has 145 heavy (non-hydrogen) atoms. The Morgan fingerprint density at radius 1 is 0.414 bits per heavy atom. The number of carbonyl (C=O) groups excluding carboxylic acids is 22. The average molecular weight is 2130 g/mol. The van der Waals surface area contributed by atoms with Gasteiger partial charge in [-0.15, -0.1) is 0 Å². The van der Waals surface area contributed by atoms with Crippen LogP contribution in [-0.4, -0.2) is 313 Å². The van der Waals surface area contributed by atoms with Crippen LogP contribution in [-0.2, 0) is 123 Å². The first-order valence-electron chi connectivity index (χ1n) is 46.3. The van der Waals surface area contributed by atoms with Gasteiger partial charge >= 0.3 is 12.1 Å². The molecule has 0 radical (unpaired) electrons. The van der Waals surface area contributed by atoms with E-state index in [4.69, 9.17) is 55.8 Å². The van der Waals surface area contributed by atoms with Gasteiger partial charge in [-0.05, 0) is 110 Å². The van der Waals surface area contributed by atoms with Crippen LogP contribution in [0.5, 0.6) is 11.5 Å². The Hall–Kier alpha value is -13.0. The predicted octanol–water partition coefficient (Wildman–Crippen LogP) is -6.58. The van der Waals surface area contributed by atoms with Gasteiger partial charge in [0.2, 0.25) is 130 Å². The molecular formula is C88H133F3N24O26S4. The summed E-state index contributed by atoms with van der Waals surface area (Å²) in [5.41, 5.74) is 47.0. The highest BCUT2D eigenvalue weighted by molar-refractivity contribution is 8.77. The number of hydrogen-bond acceptors (Lipinski definition) is 31. The van der Waals surface area contributed by atoms with Crippen molar-refractivity contribution in [2.75, 3.05) is 49.2 Å². The first kappa shape index (κ1) is 124. The molecular weight excluding hydrogens is 1990 g/mol. The van der Waals surface area contributed by atoms with Gasteiger partial charge in [0.15, 0.2) is 0 Å². The van der Waals surface area contributed by atoms with Crippen molar-refractivity contribution < 1.29 is 139 Å². The summed E-state index contributed by atoms with van der Waals surface area (Å²) in [6, 6.07) is -15.4. The number of aliphatic carboxylic acids is 1. The van der Waals surface area contributed by atoms with Gasteiger partial charge < -0.3 is 145 Å². The molecule has 18 atom stereocenters. The number of halogens is 3. The van der Waals surface area contributed by atoms with E-state index in [0.29, 0.717) is 11.1 Å². The van der Waals surface area contributed by atoms with Crippen LogP contribution in [0.15, 0.2) is 48.5 Å². The molecule has 0 bridgehead atoms. The Balaban J connectivity index is 0.00000602. The monoisotopic (exact) mass is 2130 g/mol. The number of nitrogens with zero attached hydrogens (tertiary/aromatic N) is 2. The molecule has 0 aliphatic carbocycles. The Labute approximate surface area is 848 Å². The molecule has 3 aliphatic heterocycles. The normalized spacial score (nSPS) is 23.7. The molecule has 3 saturated heterocycles. The number of likely N-dealkylation sites (tertiary alicyclic amines) is 2. The third-order valence-electron chi connectivity index (χ3n) is 22.8. The molecule has 3 aliphatic rings. The smallest absolute Gasteiger partial charge is 0.490 e. The van der Waals surface area contributed by atoms with Crippen molar-refractivity contribution in [2.45, 2.75) is 261 Å². The number of hydrogen-bond donors (Lipinski definition) is 25. The van der Waals surface area contributed by atoms with E-state index in [2.05, 4.69) is 74.4 Å². The zero-order valence-corrected chi connectivity index (χ0v) is 84.4. The number of nitrogens with one attached hydrogen (secondary N) is 14. The van der Waals surface area contributed by atoms with Gasteiger partial charge in [-0.1, -0.05) is 136 Å². The fourth-order valence-electron chi connectivity index (χ4n) is 14.7. The van der Waals surface area contributed by atoms with Gasteiger partial charge in [0.1, 0.15) is 96.1 Å². The maximum Gasteiger partial charge on any atom is 0.490 e. The number of phenols is 2. The summed E-state index contributed by atoms with van der Waals surface area (Å²) in [7, 11) is 3.31. The Bertz CT molecular complexity index is 4620. The highest BCUT2D eigenvalue weighted by atomic mass is 33.1. The van der Waals surface area contributed by atoms with Crippen molar-refractivity contribution in [1.29, 1.82) is 0 Å². The van der Waals surface area contributed by atoms with E-state index in [1.807, 2.05) is 0 Å². The van der Waals surface area contributed by atoms with E-state index >= 15 is 9.59 Å². The van der Waals surface area contributed by atoms with Crippen molar-refractivity contribution in [3.05, 3.63) is 59.7 Å². The second kappa shape index (κ2) is 61.3. The topological polar surface area (TPSA) is 836 Å². The van der Waals surface area contributed by atoms with E-state index < -0.39 is 314 Å². The molecule has 2 aromatic rings. The minimum Gasteiger partial charge on any atom is -0.508 e. The van der Waals surface area contributed by atoms with Crippen LogP contribution in [0.2, 0.25) is 0 Å². The number of primary amides is 6. The largest absolute Gasteiger partial charge is 0.508 e. The van der Waals surface area contributed by atoms with Crippen molar-refractivity contribution in [1.82, 2.24) is 84.2 Å². The highest BCUT2D eigenvalue weighted by Gasteiger charge is 2.46. The van der Waals surface area contributed by atoms with E-state index in [0.717, 1.165) is 53.0 Å². The number of nitrogens with two attached hydrogens (primary N) is 8. The van der Waals surface area contributed by atoms with Crippen LogP contribution in [0.1, 0.15) is 156 Å². The zero-order chi connectivity index (χ0) is 109. The van der Waals surface area contributed by atoms with Gasteiger partial charge in [0.25, 0.3) is 0 Å². The number of rotatable bonds is 34. The predicted molar refractivity (Wildman–Crippen MR) is 522 cm³/mol. The standard InChI is InChI=1S/C86H132N24O24S4.C2HF3O2/c1-9-43(7)69-83(131)97-51(23-25-63(89)113)75(123)101-57(33-65(91)115)77(125)105-59(85(133)109-27-11-13-61(109)81(129)103-53(29-41(3)4)73(121)95-35-67(93)117)39-138-136-38-50(88)72(120)100-56(32-46-17-21-48(112)22-18-46)80(128)108-70(44(8)10-2)84(132)98-52(24-26-64(90)114)76(124)102-58(34-66(92)116)78(126)106-60(40-137-135-37-49(87)71(119)99-55(79(127)107-69)31-45-15-19-47(111)20-16-45)86(134)110-28-12-14-62(110)82(130)104-54(30-42(5)6)74(122)96-36-68(94)118;3-2(4,5)1(6)7/h15-22,41-44,49-62,69-70,111-112H,9-14,23-40,87-88H2,1-8H3,(H2,89,113)(H2,90,114)(H2,91,115)(H2,92,116)(H2,93,117)(H2,94,118)(H,95,121)(H,96,122)(H,97,131)(H,98,132)(H,99,119)(H,100,120)(H,101,123)(H,102,124)(H,103,129)(H,104,130)(H,105,125)(H,106,126)(H,107,127)(H,108,128);(H,6,7)/t43-,44-,49-,50-,51-,52-,53-,54-,55-,56-,57-,58-,59-,60-,61-,62-,69-,70-;/m0./s1. The molecule has 806 valence electrons. The molecule has 57 heteroatoms. The lowest BCUT2D eigenvalue weighted by atomic mass is 9.96. The Kier molecular flexibility index (Phi) is 52.5. The molecule has 0 spiro atoms. The lowest BCUT2D eigenvalue weighted by molar-refractivity contribution is -0.192. The van der Waals surface area contributed by atoms with Crippen LogP contribution in [0, 0.1) is 23.7 Å². The van der Waals surface area contributed by atoms with Crippen LogP contribution in [0.25, 0.3) is 0 Å². The summed E-state index contributed by atoms with van der Waals surface area (Å²) in [4.78, 5) is 320. The molecule has 0 unspecified atom stereocenters. The SMILES string of the molecule is CC[C@H](C)[C@@H]1NC(=O)[C@H](Cc2ccc(O)cc2)NC(=O)[C@@H](N)CSSC[C@@H](C(=O)N2CCC[C@H]2C(=O)N[C@@H](CC(C)C)C(=O)NCC(N)=O)NC(=O)[C@H](CC(N)=O)NC(=O)[C@H](CCC(N)=O)NC(=O)[C@H]([C@@H](C)CC)NC(=O)[C@H](Cc2ccc(O)cc2)NC(=O)[C@@H](N)CSSC[C@@H](C(=O)N2CCC[C@H]2C(=O)N[C@@H](CC(C)C)C(=O)NCC(N)=O)NC(=O)[C@H](CC(N)=O)NC(=O)[C@H](CCC(N)=O)NC1=O.O=C(O)C(F)(F)F. The molecule has 50 nitrogen and oxygen atoms in total. The third kappa shape index (κ3) is 43.8. The number of alkyl halides is 3. The summed E-state index contributed by atoms with van der Waals surface area (Å²) in [5, 5.41) is 62.9. The molecule has 3 fully saturated rings. The zero-order valence-electron chi connectivity index (χ0n) is 81.1. The minimum atomic E-state index is -5.08. The summed E-state index contributed by atoms with van der Waals surface area (Å²) >= 11 is 0. The van der Waals surface area contributed by atoms with Crippen molar-refractivity contribution in [3.8, 4) is 11.5 Å². The molecule has 2 aromatic carbocycles. The van der Waals surface area contributed by atoms with Gasteiger partial charge in [-0.3, -0.25) is 105 Å². The molecule has 22 amide bonds. The molecule has 3 heterocycles. The maximum atomic E-state index is 15.2. The summed E-state index contributed by atoms with van der Waals surface area (Å²) in [6.45, 7) is 11.9. The van der Waals surface area contributed by atoms with E-state index in [1.54, 1.807) is 41.5 Å². The maximum absolute atomic E-state index is 15.2. The summed E-state index contributed by atoms with van der Waals surface area (Å²) in [5.74, 6) is -29.7. The highest BCUT2D eigenvalue weighted by Crippen LogP contribution is 2.30. The summed E-state index contributed by atoms with van der Waals surface area (Å²) < 4.78 is 31.7. The number of benzene rings is 2. The van der Waals surface area contributed by atoms with Gasteiger partial charge in [-0.2, -0.15) is 13.2 Å². The van der Waals surface area contributed by atoms with Gasteiger partial charge in [-0.25, -0.2) is 4.79 Å². The second-order valence-electron chi connectivity index (χ2n) is 35.6. The van der Waals surface area contributed by atoms with E-state index in [-0.39, 0.29) is 112 Å². The molecule has 5 rings (SSSR count). The van der Waals surface area contributed by atoms with Crippen LogP contribution < -0.4 is 120 Å². The Morgan fingerprint density at radius 2 is 0.710 bits per heavy atom. The molecule has 33 N–H and O–H groups in total. The fraction of sp³-hybridized carbons (Fsp3) is 0.602. The van der Waals surface area contributed by atoms with Crippen LogP contribution in [0.3, 0.4) is 0 Å². The number of aromatic hydroxyl groups is 2. The second-order valence-corrected chi connectivity index (χ2v) is 40.7. The number of amides is 22. The number of phenolic OH excluding ortho intramolecular Hbond substituents is 2. The fourth-order valence-corrected chi connectivity index (χ4v) is 19.2. The van der Waals surface area contributed by atoms with Crippen molar-refractivity contribution in [3.63, 3.8) is 0 Å². The average Bonchev–Trinajstić information content (AvgIpc) is 1.69. The number of carbonyl (C=O) groups is 23. The number of carboxylic acid groups (broad SMARTS) is 1. The van der Waals surface area contributed by atoms with Crippen molar-refractivity contribution >= 4 is 179 Å². The van der Waals surface area contributed by atoms with E-state index in [9.17, 15) is 119 Å².